The molecule has 0 amide bonds. The predicted octanol–water partition coefficient (Wildman–Crippen LogP) is 3.55. The van der Waals surface area contributed by atoms with Crippen LogP contribution in [0.4, 0.5) is 0 Å². The highest BCUT2D eigenvalue weighted by Gasteiger charge is 2.08. The Morgan fingerprint density at radius 1 is 1.10 bits per heavy atom. The number of benzene rings is 1. The fourth-order valence-electron chi connectivity index (χ4n) is 1.80. The minimum Gasteiger partial charge on any atom is -0.487 e. The molecule has 0 radical (unpaired) electrons. The van der Waals surface area contributed by atoms with Gasteiger partial charge in [0.15, 0.2) is 0 Å². The number of nitrogens with one attached hydrogen (secondary N) is 1. The lowest BCUT2D eigenvalue weighted by molar-refractivity contribution is 0.305. The molecule has 0 bridgehead atoms. The molecule has 2 aromatic rings. The summed E-state index contributed by atoms with van der Waals surface area (Å²) in [4.78, 5) is 4.04. The molecule has 1 heterocycles. The van der Waals surface area contributed by atoms with Crippen LogP contribution in [0.3, 0.4) is 0 Å². The van der Waals surface area contributed by atoms with Gasteiger partial charge in [-0.1, -0.05) is 24.3 Å². The van der Waals surface area contributed by atoms with Gasteiger partial charge < -0.3 is 10.1 Å². The van der Waals surface area contributed by atoms with Crippen molar-refractivity contribution >= 4 is 0 Å². The average molecular weight is 270 g/mol. The van der Waals surface area contributed by atoms with E-state index in [1.54, 1.807) is 12.4 Å². The van der Waals surface area contributed by atoms with Crippen LogP contribution in [0, 0.1) is 0 Å². The number of nitrogens with zero attached hydrogens (tertiary/aromatic N) is 1. The molecule has 0 spiro atoms. The molecule has 0 aliphatic rings. The Hall–Kier alpha value is -1.87. The summed E-state index contributed by atoms with van der Waals surface area (Å²) in [6.45, 7) is 7.94. The fraction of sp³-hybridized carbons (Fsp3) is 0.353. The van der Waals surface area contributed by atoms with Gasteiger partial charge >= 0.3 is 0 Å². The van der Waals surface area contributed by atoms with Gasteiger partial charge in [0.25, 0.3) is 0 Å². The van der Waals surface area contributed by atoms with Crippen LogP contribution in [0.5, 0.6) is 5.75 Å². The number of pyridine rings is 1. The topological polar surface area (TPSA) is 34.1 Å². The van der Waals surface area contributed by atoms with Gasteiger partial charge in [-0.05, 0) is 44.0 Å². The number of ether oxygens (including phenoxy) is 1. The van der Waals surface area contributed by atoms with Crippen molar-refractivity contribution in [3.8, 4) is 5.75 Å². The van der Waals surface area contributed by atoms with Crippen LogP contribution in [0.25, 0.3) is 0 Å². The number of hydrogen-bond donors (Lipinski definition) is 1. The lowest BCUT2D eigenvalue weighted by Gasteiger charge is -2.20. The smallest absolute Gasteiger partial charge is 0.138 e. The summed E-state index contributed by atoms with van der Waals surface area (Å²) in [6.07, 6.45) is 3.47. The van der Waals surface area contributed by atoms with Gasteiger partial charge in [0.05, 0.1) is 6.20 Å². The van der Waals surface area contributed by atoms with Crippen LogP contribution in [0.2, 0.25) is 0 Å². The Morgan fingerprint density at radius 3 is 2.60 bits per heavy atom. The highest BCUT2D eigenvalue weighted by atomic mass is 16.5. The van der Waals surface area contributed by atoms with Crippen molar-refractivity contribution in [1.82, 2.24) is 10.3 Å². The molecular formula is C17H22N2O. The van der Waals surface area contributed by atoms with Crippen molar-refractivity contribution in [2.75, 3.05) is 0 Å². The first-order valence-corrected chi connectivity index (χ1v) is 6.89. The molecule has 1 aromatic carbocycles. The molecule has 2 rings (SSSR count). The lowest BCUT2D eigenvalue weighted by atomic mass is 10.1. The summed E-state index contributed by atoms with van der Waals surface area (Å²) in [6, 6.07) is 12.2. The van der Waals surface area contributed by atoms with Crippen LogP contribution in [-0.2, 0) is 13.2 Å². The Labute approximate surface area is 121 Å². The third kappa shape index (κ3) is 5.02. The normalized spacial score (nSPS) is 11.3. The van der Waals surface area contributed by atoms with Gasteiger partial charge in [0.1, 0.15) is 12.4 Å². The highest BCUT2D eigenvalue weighted by Crippen LogP contribution is 2.12. The predicted molar refractivity (Wildman–Crippen MR) is 81.6 cm³/mol. The van der Waals surface area contributed by atoms with Crippen molar-refractivity contribution < 1.29 is 4.74 Å². The molecular weight excluding hydrogens is 248 g/mol. The average Bonchev–Trinajstić information content (AvgIpc) is 2.44. The molecule has 3 heteroatoms. The monoisotopic (exact) mass is 270 g/mol. The zero-order chi connectivity index (χ0) is 14.4. The molecule has 0 saturated heterocycles. The Bertz CT molecular complexity index is 532. The molecule has 0 saturated carbocycles. The minimum atomic E-state index is 0.127. The van der Waals surface area contributed by atoms with Crippen molar-refractivity contribution in [2.24, 2.45) is 0 Å². The molecule has 0 unspecified atom stereocenters. The number of hydrogen-bond acceptors (Lipinski definition) is 3. The van der Waals surface area contributed by atoms with Gasteiger partial charge in [-0.25, -0.2) is 0 Å². The molecule has 0 aliphatic heterocycles. The van der Waals surface area contributed by atoms with E-state index < -0.39 is 0 Å². The van der Waals surface area contributed by atoms with Gasteiger partial charge in [0, 0.05) is 18.3 Å². The lowest BCUT2D eigenvalue weighted by Crippen LogP contribution is -2.35. The van der Waals surface area contributed by atoms with E-state index in [9.17, 15) is 0 Å². The SMILES string of the molecule is CC(C)(C)NCc1cccc(COc2cccnc2)c1. The molecule has 0 atom stereocenters. The van der Waals surface area contributed by atoms with Crippen LogP contribution in [-0.4, -0.2) is 10.5 Å². The van der Waals surface area contributed by atoms with Crippen LogP contribution < -0.4 is 10.1 Å². The largest absolute Gasteiger partial charge is 0.487 e. The van der Waals surface area contributed by atoms with E-state index >= 15 is 0 Å². The van der Waals surface area contributed by atoms with Crippen molar-refractivity contribution in [1.29, 1.82) is 0 Å². The first-order chi connectivity index (χ1) is 9.53. The molecule has 3 nitrogen and oxygen atoms in total. The molecule has 20 heavy (non-hydrogen) atoms. The van der Waals surface area contributed by atoms with E-state index in [0.717, 1.165) is 12.3 Å². The maximum Gasteiger partial charge on any atom is 0.138 e. The molecule has 1 aromatic heterocycles. The zero-order valence-electron chi connectivity index (χ0n) is 12.4. The van der Waals surface area contributed by atoms with Crippen molar-refractivity contribution in [3.05, 3.63) is 59.9 Å². The summed E-state index contributed by atoms with van der Waals surface area (Å²) in [5.41, 5.74) is 2.57. The van der Waals surface area contributed by atoms with E-state index in [1.165, 1.54) is 11.1 Å². The maximum atomic E-state index is 5.71. The third-order valence-electron chi connectivity index (χ3n) is 2.85. The molecule has 0 aliphatic carbocycles. The van der Waals surface area contributed by atoms with Crippen LogP contribution in [0.15, 0.2) is 48.8 Å². The summed E-state index contributed by atoms with van der Waals surface area (Å²) in [7, 11) is 0. The van der Waals surface area contributed by atoms with E-state index in [2.05, 4.69) is 55.3 Å². The second kappa shape index (κ2) is 6.53. The van der Waals surface area contributed by atoms with Gasteiger partial charge in [0.2, 0.25) is 0 Å². The number of rotatable bonds is 5. The summed E-state index contributed by atoms with van der Waals surface area (Å²) in [5.74, 6) is 0.797. The first kappa shape index (κ1) is 14.5. The van der Waals surface area contributed by atoms with Gasteiger partial charge in [-0.3, -0.25) is 4.98 Å². The Kier molecular flexibility index (Phi) is 4.74. The number of aromatic nitrogens is 1. The van der Waals surface area contributed by atoms with Crippen LogP contribution in [0.1, 0.15) is 31.9 Å². The maximum absolute atomic E-state index is 5.71. The van der Waals surface area contributed by atoms with E-state index in [-0.39, 0.29) is 5.54 Å². The van der Waals surface area contributed by atoms with E-state index in [1.807, 2.05) is 12.1 Å². The van der Waals surface area contributed by atoms with E-state index in [0.29, 0.717) is 6.61 Å². The molecule has 106 valence electrons. The quantitative estimate of drug-likeness (QED) is 0.902. The van der Waals surface area contributed by atoms with Gasteiger partial charge in [-0.2, -0.15) is 0 Å². The Balaban J connectivity index is 1.92. The standard InChI is InChI=1S/C17H22N2O/c1-17(2,3)19-11-14-6-4-7-15(10-14)13-20-16-8-5-9-18-12-16/h4-10,12,19H,11,13H2,1-3H3. The highest BCUT2D eigenvalue weighted by molar-refractivity contribution is 5.24. The zero-order valence-corrected chi connectivity index (χ0v) is 12.4. The van der Waals surface area contributed by atoms with E-state index in [4.69, 9.17) is 4.74 Å². The first-order valence-electron chi connectivity index (χ1n) is 6.89. The molecule has 1 N–H and O–H groups in total. The minimum absolute atomic E-state index is 0.127. The van der Waals surface area contributed by atoms with Crippen molar-refractivity contribution in [2.45, 2.75) is 39.5 Å². The Morgan fingerprint density at radius 2 is 1.90 bits per heavy atom. The molecule has 0 fully saturated rings. The second-order valence-electron chi connectivity index (χ2n) is 5.90. The summed E-state index contributed by atoms with van der Waals surface area (Å²) >= 11 is 0. The van der Waals surface area contributed by atoms with Crippen LogP contribution >= 0.6 is 0 Å². The summed E-state index contributed by atoms with van der Waals surface area (Å²) in [5, 5.41) is 3.49. The fourth-order valence-corrected chi connectivity index (χ4v) is 1.80. The second-order valence-corrected chi connectivity index (χ2v) is 5.90. The van der Waals surface area contributed by atoms with Crippen molar-refractivity contribution in [3.63, 3.8) is 0 Å². The summed E-state index contributed by atoms with van der Waals surface area (Å²) < 4.78 is 5.71. The van der Waals surface area contributed by atoms with Gasteiger partial charge in [-0.15, -0.1) is 0 Å². The third-order valence-corrected chi connectivity index (χ3v) is 2.85.